The second kappa shape index (κ2) is 5.58. The van der Waals surface area contributed by atoms with Crippen LogP contribution in [0.25, 0.3) is 11.1 Å². The summed E-state index contributed by atoms with van der Waals surface area (Å²) in [6.07, 6.45) is 1.82. The molecular weight excluding hydrogens is 291 g/mol. The number of nitrogens with zero attached hydrogens (tertiary/aromatic N) is 2. The molecule has 5 heteroatoms. The monoisotopic (exact) mass is 296 g/mol. The van der Waals surface area contributed by atoms with E-state index in [-0.39, 0.29) is 6.42 Å². The Bertz CT molecular complexity index is 633. The molecular formula is C13H7Cl3N2. The minimum absolute atomic E-state index is 0.206. The number of nitriles is 1. The molecule has 1 heterocycles. The van der Waals surface area contributed by atoms with Crippen molar-refractivity contribution >= 4 is 34.8 Å². The lowest BCUT2D eigenvalue weighted by molar-refractivity contribution is 1.19. The molecule has 0 radical (unpaired) electrons. The smallest absolute Gasteiger partial charge is 0.133 e. The molecule has 0 aliphatic rings. The van der Waals surface area contributed by atoms with Crippen LogP contribution in [0.1, 0.15) is 5.56 Å². The molecule has 0 saturated carbocycles. The van der Waals surface area contributed by atoms with Crippen LogP contribution in [0.4, 0.5) is 0 Å². The van der Waals surface area contributed by atoms with E-state index in [1.54, 1.807) is 18.3 Å². The molecule has 90 valence electrons. The molecule has 0 amide bonds. The first-order valence-electron chi connectivity index (χ1n) is 5.09. The van der Waals surface area contributed by atoms with E-state index in [0.717, 1.165) is 11.1 Å². The lowest BCUT2D eigenvalue weighted by Gasteiger charge is -2.07. The van der Waals surface area contributed by atoms with Crippen molar-refractivity contribution in [3.05, 3.63) is 51.2 Å². The molecule has 0 saturated heterocycles. The molecule has 0 unspecified atom stereocenters. The van der Waals surface area contributed by atoms with Crippen molar-refractivity contribution in [2.75, 3.05) is 0 Å². The van der Waals surface area contributed by atoms with Crippen LogP contribution in [-0.4, -0.2) is 4.98 Å². The molecule has 0 bridgehead atoms. The summed E-state index contributed by atoms with van der Waals surface area (Å²) in [5.41, 5.74) is 2.23. The van der Waals surface area contributed by atoms with Crippen molar-refractivity contribution in [1.82, 2.24) is 4.98 Å². The Morgan fingerprint density at radius 1 is 1.22 bits per heavy atom. The van der Waals surface area contributed by atoms with Crippen LogP contribution >= 0.6 is 34.8 Å². The SMILES string of the molecule is N#CCc1cc(-c2cccc(Cl)c2Cl)cnc1Cl. The summed E-state index contributed by atoms with van der Waals surface area (Å²) in [5.74, 6) is 0. The summed E-state index contributed by atoms with van der Waals surface area (Å²) in [6, 6.07) is 9.21. The third-order valence-electron chi connectivity index (χ3n) is 2.44. The maximum Gasteiger partial charge on any atom is 0.133 e. The highest BCUT2D eigenvalue weighted by molar-refractivity contribution is 6.43. The summed E-state index contributed by atoms with van der Waals surface area (Å²) >= 11 is 18.0. The van der Waals surface area contributed by atoms with E-state index in [1.165, 1.54) is 0 Å². The third kappa shape index (κ3) is 2.59. The highest BCUT2D eigenvalue weighted by Gasteiger charge is 2.09. The Morgan fingerprint density at radius 2 is 2.00 bits per heavy atom. The fourth-order valence-corrected chi connectivity index (χ4v) is 2.16. The van der Waals surface area contributed by atoms with Crippen LogP contribution in [0.15, 0.2) is 30.5 Å². The number of halogens is 3. The van der Waals surface area contributed by atoms with Crippen molar-refractivity contribution in [3.8, 4) is 17.2 Å². The van der Waals surface area contributed by atoms with E-state index >= 15 is 0 Å². The van der Waals surface area contributed by atoms with Crippen LogP contribution in [-0.2, 0) is 6.42 Å². The van der Waals surface area contributed by atoms with Crippen molar-refractivity contribution in [2.45, 2.75) is 6.42 Å². The van der Waals surface area contributed by atoms with Gasteiger partial charge in [0, 0.05) is 22.9 Å². The Balaban J connectivity index is 2.55. The summed E-state index contributed by atoms with van der Waals surface area (Å²) in [5, 5.41) is 9.99. The second-order valence-electron chi connectivity index (χ2n) is 3.61. The lowest BCUT2D eigenvalue weighted by atomic mass is 10.1. The number of pyridine rings is 1. The normalized spacial score (nSPS) is 10.1. The Morgan fingerprint density at radius 3 is 2.72 bits per heavy atom. The van der Waals surface area contributed by atoms with Crippen molar-refractivity contribution < 1.29 is 0 Å². The van der Waals surface area contributed by atoms with Gasteiger partial charge in [-0.1, -0.05) is 46.9 Å². The number of rotatable bonds is 2. The molecule has 0 spiro atoms. The predicted molar refractivity (Wildman–Crippen MR) is 74.0 cm³/mol. The van der Waals surface area contributed by atoms with E-state index in [9.17, 15) is 0 Å². The van der Waals surface area contributed by atoms with Crippen LogP contribution in [0, 0.1) is 11.3 Å². The number of hydrogen-bond donors (Lipinski definition) is 0. The first-order chi connectivity index (χ1) is 8.63. The number of benzene rings is 1. The zero-order valence-electron chi connectivity index (χ0n) is 9.12. The van der Waals surface area contributed by atoms with E-state index in [4.69, 9.17) is 40.1 Å². The zero-order valence-corrected chi connectivity index (χ0v) is 11.4. The van der Waals surface area contributed by atoms with E-state index in [0.29, 0.717) is 20.8 Å². The minimum Gasteiger partial charge on any atom is -0.244 e. The zero-order chi connectivity index (χ0) is 13.1. The Kier molecular flexibility index (Phi) is 4.08. The Labute approximate surface area is 120 Å². The van der Waals surface area contributed by atoms with Gasteiger partial charge in [0.25, 0.3) is 0 Å². The third-order valence-corrected chi connectivity index (χ3v) is 3.60. The molecule has 0 N–H and O–H groups in total. The first kappa shape index (κ1) is 13.2. The molecule has 1 aromatic carbocycles. The highest BCUT2D eigenvalue weighted by atomic mass is 35.5. The average Bonchev–Trinajstić information content (AvgIpc) is 2.36. The van der Waals surface area contributed by atoms with Crippen molar-refractivity contribution in [2.24, 2.45) is 0 Å². The van der Waals surface area contributed by atoms with Crippen LogP contribution < -0.4 is 0 Å². The fourth-order valence-electron chi connectivity index (χ4n) is 1.58. The van der Waals surface area contributed by atoms with Gasteiger partial charge in [-0.3, -0.25) is 0 Å². The molecule has 1 aromatic heterocycles. The molecule has 18 heavy (non-hydrogen) atoms. The van der Waals surface area contributed by atoms with Gasteiger partial charge in [0.05, 0.1) is 22.5 Å². The van der Waals surface area contributed by atoms with Gasteiger partial charge in [0.1, 0.15) is 5.15 Å². The summed E-state index contributed by atoms with van der Waals surface area (Å²) < 4.78 is 0. The van der Waals surface area contributed by atoms with Gasteiger partial charge in [-0.25, -0.2) is 4.98 Å². The molecule has 0 aliphatic carbocycles. The Hall–Kier alpha value is -1.27. The molecule has 2 rings (SSSR count). The predicted octanol–water partition coefficient (Wildman–Crippen LogP) is 4.77. The van der Waals surface area contributed by atoms with Crippen molar-refractivity contribution in [1.29, 1.82) is 5.26 Å². The quantitative estimate of drug-likeness (QED) is 0.748. The highest BCUT2D eigenvalue weighted by Crippen LogP contribution is 2.34. The number of aromatic nitrogens is 1. The molecule has 0 aliphatic heterocycles. The van der Waals surface area contributed by atoms with Crippen LogP contribution in [0.3, 0.4) is 0 Å². The van der Waals surface area contributed by atoms with Gasteiger partial charge in [-0.2, -0.15) is 5.26 Å². The molecule has 2 aromatic rings. The topological polar surface area (TPSA) is 36.7 Å². The second-order valence-corrected chi connectivity index (χ2v) is 4.75. The van der Waals surface area contributed by atoms with Gasteiger partial charge in [0.2, 0.25) is 0 Å². The average molecular weight is 298 g/mol. The standard InChI is InChI=1S/C13H7Cl3N2/c14-11-3-1-2-10(12(11)15)9-6-8(4-5-17)13(16)18-7-9/h1-3,6-7H,4H2. The number of hydrogen-bond acceptors (Lipinski definition) is 2. The summed E-state index contributed by atoms with van der Waals surface area (Å²) in [6.45, 7) is 0. The maximum atomic E-state index is 8.72. The first-order valence-corrected chi connectivity index (χ1v) is 6.22. The van der Waals surface area contributed by atoms with Gasteiger partial charge >= 0.3 is 0 Å². The van der Waals surface area contributed by atoms with E-state index in [2.05, 4.69) is 4.98 Å². The van der Waals surface area contributed by atoms with Crippen LogP contribution in [0.2, 0.25) is 15.2 Å². The van der Waals surface area contributed by atoms with Crippen molar-refractivity contribution in [3.63, 3.8) is 0 Å². The largest absolute Gasteiger partial charge is 0.244 e. The minimum atomic E-state index is 0.206. The van der Waals surface area contributed by atoms with E-state index in [1.807, 2.05) is 18.2 Å². The summed E-state index contributed by atoms with van der Waals surface area (Å²) in [4.78, 5) is 4.06. The van der Waals surface area contributed by atoms with Gasteiger partial charge < -0.3 is 0 Å². The van der Waals surface area contributed by atoms with Gasteiger partial charge in [0.15, 0.2) is 0 Å². The summed E-state index contributed by atoms with van der Waals surface area (Å²) in [7, 11) is 0. The molecule has 0 fully saturated rings. The lowest BCUT2D eigenvalue weighted by Crippen LogP contribution is -1.90. The molecule has 2 nitrogen and oxygen atoms in total. The maximum absolute atomic E-state index is 8.72. The fraction of sp³-hybridized carbons (Fsp3) is 0.0769. The van der Waals surface area contributed by atoms with E-state index < -0.39 is 0 Å². The van der Waals surface area contributed by atoms with Gasteiger partial charge in [-0.15, -0.1) is 0 Å². The van der Waals surface area contributed by atoms with Gasteiger partial charge in [-0.05, 0) is 12.1 Å². The molecule has 0 atom stereocenters. The van der Waals surface area contributed by atoms with Crippen LogP contribution in [0.5, 0.6) is 0 Å².